The van der Waals surface area contributed by atoms with Crippen LogP contribution >= 0.6 is 0 Å². The molecule has 0 aliphatic rings. The summed E-state index contributed by atoms with van der Waals surface area (Å²) >= 11 is 0. The average Bonchev–Trinajstić information content (AvgIpc) is 3.22. The van der Waals surface area contributed by atoms with Gasteiger partial charge >= 0.3 is 6.18 Å². The molecule has 0 aliphatic carbocycles. The first kappa shape index (κ1) is 25.0. The van der Waals surface area contributed by atoms with Crippen LogP contribution in [0.2, 0.25) is 0 Å². The van der Waals surface area contributed by atoms with E-state index in [1.54, 1.807) is 42.0 Å². The smallest absolute Gasteiger partial charge is 0.416 e. The lowest BCUT2D eigenvalue weighted by Gasteiger charge is -2.13. The van der Waals surface area contributed by atoms with Crippen molar-refractivity contribution < 1.29 is 27.5 Å². The van der Waals surface area contributed by atoms with Gasteiger partial charge in [-0.05, 0) is 54.8 Å². The van der Waals surface area contributed by atoms with Crippen LogP contribution in [-0.2, 0) is 23.9 Å². The molecule has 5 nitrogen and oxygen atoms in total. The predicted octanol–water partition coefficient (Wildman–Crippen LogP) is 5.65. The number of fused-ring (bicyclic) bond motifs is 1. The Morgan fingerprint density at radius 3 is 2.39 bits per heavy atom. The van der Waals surface area contributed by atoms with Crippen molar-refractivity contribution in [2.45, 2.75) is 32.1 Å². The Labute approximate surface area is 206 Å². The highest BCUT2D eigenvalue weighted by Crippen LogP contribution is 2.30. The van der Waals surface area contributed by atoms with E-state index >= 15 is 0 Å². The second kappa shape index (κ2) is 10.3. The zero-order chi connectivity index (χ0) is 25.9. The van der Waals surface area contributed by atoms with E-state index in [1.165, 1.54) is 12.3 Å². The molecule has 1 heterocycles. The number of hydrogen-bond donors (Lipinski definition) is 1. The summed E-state index contributed by atoms with van der Waals surface area (Å²) in [6.07, 6.45) is -2.39. The number of alkyl halides is 3. The molecular formula is C28H25F3N2O3. The van der Waals surface area contributed by atoms with Gasteiger partial charge in [0.25, 0.3) is 11.7 Å². The van der Waals surface area contributed by atoms with Crippen molar-refractivity contribution in [3.63, 3.8) is 0 Å². The maximum atomic E-state index is 13.1. The molecule has 0 aliphatic heterocycles. The number of aromatic nitrogens is 1. The van der Waals surface area contributed by atoms with E-state index in [1.807, 2.05) is 31.2 Å². The Balaban J connectivity index is 1.53. The summed E-state index contributed by atoms with van der Waals surface area (Å²) in [5.74, 6) is -0.708. The van der Waals surface area contributed by atoms with Gasteiger partial charge in [0.1, 0.15) is 5.75 Å². The number of methoxy groups -OCH3 is 1. The molecule has 0 fully saturated rings. The minimum absolute atomic E-state index is 0.118. The molecule has 1 aromatic heterocycles. The highest BCUT2D eigenvalue weighted by Gasteiger charge is 2.30. The van der Waals surface area contributed by atoms with E-state index in [-0.39, 0.29) is 18.2 Å². The number of nitrogens with zero attached hydrogens (tertiary/aromatic N) is 1. The third-order valence-electron chi connectivity index (χ3n) is 5.93. The quantitative estimate of drug-likeness (QED) is 0.255. The Morgan fingerprint density at radius 1 is 0.972 bits per heavy atom. The lowest BCUT2D eigenvalue weighted by atomic mass is 10.1. The Morgan fingerprint density at radius 2 is 1.69 bits per heavy atom. The average molecular weight is 495 g/mol. The van der Waals surface area contributed by atoms with Crippen molar-refractivity contribution in [1.82, 2.24) is 9.88 Å². The zero-order valence-electron chi connectivity index (χ0n) is 19.8. The fourth-order valence-corrected chi connectivity index (χ4v) is 4.18. The van der Waals surface area contributed by atoms with E-state index < -0.39 is 23.4 Å². The molecule has 36 heavy (non-hydrogen) atoms. The van der Waals surface area contributed by atoms with Crippen LogP contribution in [0.25, 0.3) is 10.9 Å². The van der Waals surface area contributed by atoms with Crippen LogP contribution in [0.15, 0.2) is 79.0 Å². The van der Waals surface area contributed by atoms with Crippen LogP contribution < -0.4 is 10.1 Å². The van der Waals surface area contributed by atoms with Gasteiger partial charge < -0.3 is 14.6 Å². The van der Waals surface area contributed by atoms with Gasteiger partial charge in [0, 0.05) is 29.7 Å². The van der Waals surface area contributed by atoms with Crippen LogP contribution in [0.3, 0.4) is 0 Å². The molecule has 186 valence electrons. The molecule has 1 atom stereocenters. The lowest BCUT2D eigenvalue weighted by Crippen LogP contribution is -2.38. The van der Waals surface area contributed by atoms with Gasteiger partial charge in [-0.25, -0.2) is 0 Å². The van der Waals surface area contributed by atoms with E-state index in [2.05, 4.69) is 5.32 Å². The topological polar surface area (TPSA) is 60.3 Å². The lowest BCUT2D eigenvalue weighted by molar-refractivity contribution is -0.137. The van der Waals surface area contributed by atoms with E-state index in [0.717, 1.165) is 23.4 Å². The monoisotopic (exact) mass is 494 g/mol. The first-order valence-electron chi connectivity index (χ1n) is 11.4. The van der Waals surface area contributed by atoms with Crippen molar-refractivity contribution >= 4 is 22.6 Å². The van der Waals surface area contributed by atoms with Crippen molar-refractivity contribution in [3.05, 3.63) is 101 Å². The molecule has 1 amide bonds. The largest absolute Gasteiger partial charge is 0.497 e. The number of nitrogens with one attached hydrogen (secondary N) is 1. The molecule has 8 heteroatoms. The molecule has 0 radical (unpaired) electrons. The number of benzene rings is 3. The van der Waals surface area contributed by atoms with Gasteiger partial charge in [-0.1, -0.05) is 42.5 Å². The second-order valence-corrected chi connectivity index (χ2v) is 8.64. The highest BCUT2D eigenvalue weighted by molar-refractivity contribution is 6.45. The van der Waals surface area contributed by atoms with Crippen LogP contribution in [0.5, 0.6) is 5.75 Å². The van der Waals surface area contributed by atoms with Crippen molar-refractivity contribution in [1.29, 1.82) is 0 Å². The van der Waals surface area contributed by atoms with Crippen molar-refractivity contribution in [2.24, 2.45) is 0 Å². The zero-order valence-corrected chi connectivity index (χ0v) is 19.8. The number of hydrogen-bond acceptors (Lipinski definition) is 3. The fourth-order valence-electron chi connectivity index (χ4n) is 4.18. The SMILES string of the molecule is COc1ccc(CC(C)NC(=O)C(=O)c2cn(Cc3cccc(C(F)(F)F)c3)c3ccccc23)cc1. The number of ether oxygens (including phenoxy) is 1. The summed E-state index contributed by atoms with van der Waals surface area (Å²) < 4.78 is 46.2. The molecule has 0 saturated heterocycles. The van der Waals surface area contributed by atoms with Gasteiger partial charge in [-0.15, -0.1) is 0 Å². The van der Waals surface area contributed by atoms with Crippen LogP contribution in [0.4, 0.5) is 13.2 Å². The number of para-hydroxylation sites is 1. The Kier molecular flexibility index (Phi) is 7.15. The Bertz CT molecular complexity index is 1390. The summed E-state index contributed by atoms with van der Waals surface area (Å²) in [7, 11) is 1.58. The second-order valence-electron chi connectivity index (χ2n) is 8.64. The Hall–Kier alpha value is -4.07. The summed E-state index contributed by atoms with van der Waals surface area (Å²) in [5, 5.41) is 3.31. The van der Waals surface area contributed by atoms with Gasteiger partial charge in [0.2, 0.25) is 0 Å². The summed E-state index contributed by atoms with van der Waals surface area (Å²) in [6, 6.07) is 19.2. The van der Waals surface area contributed by atoms with Gasteiger partial charge in [-0.3, -0.25) is 9.59 Å². The van der Waals surface area contributed by atoms with Crippen LogP contribution in [-0.4, -0.2) is 29.4 Å². The molecule has 1 unspecified atom stereocenters. The standard InChI is InChI=1S/C28H25F3N2O3/c1-18(14-19-10-12-22(36-2)13-11-19)32-27(35)26(34)24-17-33(25-9-4-3-8-23(24)25)16-20-6-5-7-21(15-20)28(29,30)31/h3-13,15,17-18H,14,16H2,1-2H3,(H,32,35). The fraction of sp³-hybridized carbons (Fsp3) is 0.214. The van der Waals surface area contributed by atoms with Gasteiger partial charge in [0.15, 0.2) is 0 Å². The molecule has 0 spiro atoms. The normalized spacial score (nSPS) is 12.4. The number of ketones is 1. The van der Waals surface area contributed by atoms with E-state index in [0.29, 0.717) is 22.9 Å². The first-order chi connectivity index (χ1) is 17.2. The summed E-state index contributed by atoms with van der Waals surface area (Å²) in [4.78, 5) is 25.9. The third-order valence-corrected chi connectivity index (χ3v) is 5.93. The molecule has 0 saturated carbocycles. The van der Waals surface area contributed by atoms with Crippen LogP contribution in [0, 0.1) is 0 Å². The number of halogens is 3. The maximum Gasteiger partial charge on any atom is 0.416 e. The minimum Gasteiger partial charge on any atom is -0.497 e. The van der Waals surface area contributed by atoms with Gasteiger partial charge in [0.05, 0.1) is 18.2 Å². The van der Waals surface area contributed by atoms with E-state index in [9.17, 15) is 22.8 Å². The summed E-state index contributed by atoms with van der Waals surface area (Å²) in [5.41, 5.74) is 1.53. The number of rotatable bonds is 8. The molecule has 3 aromatic carbocycles. The van der Waals surface area contributed by atoms with Crippen molar-refractivity contribution in [2.75, 3.05) is 7.11 Å². The molecule has 1 N–H and O–H groups in total. The highest BCUT2D eigenvalue weighted by atomic mass is 19.4. The number of carbonyl (C=O) groups excluding carboxylic acids is 2. The minimum atomic E-state index is -4.45. The number of amides is 1. The maximum absolute atomic E-state index is 13.1. The molecule has 4 rings (SSSR count). The van der Waals surface area contributed by atoms with Crippen molar-refractivity contribution in [3.8, 4) is 5.75 Å². The number of Topliss-reactive ketones (excluding diaryl/α,β-unsaturated/α-hetero) is 1. The van der Waals surface area contributed by atoms with Gasteiger partial charge in [-0.2, -0.15) is 13.2 Å². The molecule has 4 aromatic rings. The molecule has 0 bridgehead atoms. The number of carbonyl (C=O) groups is 2. The summed E-state index contributed by atoms with van der Waals surface area (Å²) in [6.45, 7) is 1.93. The predicted molar refractivity (Wildman–Crippen MR) is 131 cm³/mol. The first-order valence-corrected chi connectivity index (χ1v) is 11.4. The van der Waals surface area contributed by atoms with Crippen LogP contribution in [0.1, 0.15) is 34.0 Å². The third kappa shape index (κ3) is 5.59. The molecular weight excluding hydrogens is 469 g/mol. The van der Waals surface area contributed by atoms with E-state index in [4.69, 9.17) is 4.74 Å².